The summed E-state index contributed by atoms with van der Waals surface area (Å²) in [4.78, 5) is 0. The molecule has 2 nitrogen and oxygen atoms in total. The fourth-order valence-electron chi connectivity index (χ4n) is 0.858. The zero-order chi connectivity index (χ0) is 10.5. The number of rotatable bonds is 5. The molecule has 0 aromatic heterocycles. The third kappa shape index (κ3) is 6.83. The highest BCUT2D eigenvalue weighted by atomic mass is 19.4. The van der Waals surface area contributed by atoms with Gasteiger partial charge in [-0.15, -0.1) is 0 Å². The van der Waals surface area contributed by atoms with E-state index in [-0.39, 0.29) is 6.04 Å². The number of hydrogen-bond acceptors (Lipinski definition) is 2. The van der Waals surface area contributed by atoms with Gasteiger partial charge in [-0.3, -0.25) is 0 Å². The van der Waals surface area contributed by atoms with Crippen LogP contribution in [0.2, 0.25) is 0 Å². The van der Waals surface area contributed by atoms with Gasteiger partial charge in [0.15, 0.2) is 0 Å². The molecule has 80 valence electrons. The third-order valence-corrected chi connectivity index (χ3v) is 1.74. The summed E-state index contributed by atoms with van der Waals surface area (Å²) in [6, 6.07) is -0.0626. The molecule has 2 unspecified atom stereocenters. The van der Waals surface area contributed by atoms with Crippen LogP contribution in [-0.2, 0) is 4.74 Å². The fourth-order valence-corrected chi connectivity index (χ4v) is 0.858. The molecular weight excluding hydrogens is 183 g/mol. The minimum atomic E-state index is -4.24. The van der Waals surface area contributed by atoms with E-state index in [4.69, 9.17) is 0 Å². The minimum Gasteiger partial charge on any atom is -0.367 e. The molecule has 0 bridgehead atoms. The maximum atomic E-state index is 11.7. The zero-order valence-electron chi connectivity index (χ0n) is 8.11. The lowest BCUT2D eigenvalue weighted by Gasteiger charge is -2.21. The Balaban J connectivity index is 3.67. The van der Waals surface area contributed by atoms with Gasteiger partial charge >= 0.3 is 6.18 Å². The van der Waals surface area contributed by atoms with Gasteiger partial charge in [-0.1, -0.05) is 6.92 Å². The van der Waals surface area contributed by atoms with Gasteiger partial charge in [0.1, 0.15) is 6.61 Å². The molecule has 0 aliphatic rings. The summed E-state index contributed by atoms with van der Waals surface area (Å²) in [5, 5.41) is 2.99. The highest BCUT2D eigenvalue weighted by molar-refractivity contribution is 4.67. The SMILES string of the molecule is CCNC(C)C(C)OCC(F)(F)F. The van der Waals surface area contributed by atoms with Crippen LogP contribution in [-0.4, -0.2) is 31.5 Å². The van der Waals surface area contributed by atoms with E-state index < -0.39 is 18.9 Å². The minimum absolute atomic E-state index is 0.0626. The van der Waals surface area contributed by atoms with E-state index in [2.05, 4.69) is 10.1 Å². The molecule has 2 atom stereocenters. The van der Waals surface area contributed by atoms with Crippen LogP contribution >= 0.6 is 0 Å². The van der Waals surface area contributed by atoms with Gasteiger partial charge in [-0.2, -0.15) is 13.2 Å². The highest BCUT2D eigenvalue weighted by Crippen LogP contribution is 2.16. The smallest absolute Gasteiger partial charge is 0.367 e. The summed E-state index contributed by atoms with van der Waals surface area (Å²) in [7, 11) is 0. The Bertz CT molecular complexity index is 138. The van der Waals surface area contributed by atoms with Crippen LogP contribution in [0.1, 0.15) is 20.8 Å². The van der Waals surface area contributed by atoms with Crippen LogP contribution in [0.25, 0.3) is 0 Å². The molecule has 0 amide bonds. The van der Waals surface area contributed by atoms with Gasteiger partial charge in [0.05, 0.1) is 6.10 Å². The predicted molar refractivity (Wildman–Crippen MR) is 44.6 cm³/mol. The van der Waals surface area contributed by atoms with Crippen molar-refractivity contribution in [3.63, 3.8) is 0 Å². The largest absolute Gasteiger partial charge is 0.411 e. The molecule has 0 saturated carbocycles. The number of halogens is 3. The van der Waals surface area contributed by atoms with E-state index in [0.29, 0.717) is 0 Å². The molecule has 0 aliphatic carbocycles. The molecule has 5 heteroatoms. The fraction of sp³-hybridized carbons (Fsp3) is 1.00. The Labute approximate surface area is 76.5 Å². The molecule has 0 saturated heterocycles. The van der Waals surface area contributed by atoms with Crippen LogP contribution in [0.4, 0.5) is 13.2 Å². The molecule has 13 heavy (non-hydrogen) atoms. The first-order chi connectivity index (χ1) is 5.87. The topological polar surface area (TPSA) is 21.3 Å². The van der Waals surface area contributed by atoms with Crippen LogP contribution in [0, 0.1) is 0 Å². The van der Waals surface area contributed by atoms with E-state index in [0.717, 1.165) is 6.54 Å². The second-order valence-electron chi connectivity index (χ2n) is 2.98. The van der Waals surface area contributed by atoms with Gasteiger partial charge in [-0.05, 0) is 20.4 Å². The monoisotopic (exact) mass is 199 g/mol. The summed E-state index contributed by atoms with van der Waals surface area (Å²) in [5.41, 5.74) is 0. The van der Waals surface area contributed by atoms with Crippen LogP contribution in [0.15, 0.2) is 0 Å². The van der Waals surface area contributed by atoms with Crippen molar-refractivity contribution >= 4 is 0 Å². The van der Waals surface area contributed by atoms with Gasteiger partial charge in [0, 0.05) is 6.04 Å². The van der Waals surface area contributed by atoms with Crippen LogP contribution in [0.5, 0.6) is 0 Å². The summed E-state index contributed by atoms with van der Waals surface area (Å²) in [6.07, 6.45) is -4.67. The average Bonchev–Trinajstić information content (AvgIpc) is 1.99. The normalized spacial score (nSPS) is 17.1. The van der Waals surface area contributed by atoms with Crippen molar-refractivity contribution in [2.24, 2.45) is 0 Å². The van der Waals surface area contributed by atoms with Crippen LogP contribution in [0.3, 0.4) is 0 Å². The second kappa shape index (κ2) is 5.44. The van der Waals surface area contributed by atoms with Gasteiger partial charge in [0.25, 0.3) is 0 Å². The summed E-state index contributed by atoms with van der Waals surface area (Å²) < 4.78 is 39.8. The summed E-state index contributed by atoms with van der Waals surface area (Å²) >= 11 is 0. The van der Waals surface area contributed by atoms with Crippen molar-refractivity contribution < 1.29 is 17.9 Å². The number of alkyl halides is 3. The molecule has 0 aromatic rings. The molecule has 0 spiro atoms. The molecule has 0 radical (unpaired) electrons. The number of nitrogens with one attached hydrogen (secondary N) is 1. The molecule has 1 N–H and O–H groups in total. The molecule has 0 aromatic carbocycles. The molecule has 0 rings (SSSR count). The van der Waals surface area contributed by atoms with Crippen molar-refractivity contribution in [1.82, 2.24) is 5.32 Å². The first-order valence-corrected chi connectivity index (χ1v) is 4.28. The van der Waals surface area contributed by atoms with Crippen molar-refractivity contribution in [2.75, 3.05) is 13.2 Å². The summed E-state index contributed by atoms with van der Waals surface area (Å²) in [6.45, 7) is 4.86. The number of hydrogen-bond donors (Lipinski definition) is 1. The highest BCUT2D eigenvalue weighted by Gasteiger charge is 2.29. The average molecular weight is 199 g/mol. The maximum Gasteiger partial charge on any atom is 0.411 e. The molecule has 0 aliphatic heterocycles. The van der Waals surface area contributed by atoms with E-state index in [9.17, 15) is 13.2 Å². The maximum absolute atomic E-state index is 11.7. The third-order valence-electron chi connectivity index (χ3n) is 1.74. The second-order valence-corrected chi connectivity index (χ2v) is 2.98. The Hall–Kier alpha value is -0.290. The van der Waals surface area contributed by atoms with Crippen molar-refractivity contribution in [3.05, 3.63) is 0 Å². The van der Waals surface area contributed by atoms with Crippen molar-refractivity contribution in [2.45, 2.75) is 39.1 Å². The lowest BCUT2D eigenvalue weighted by Crippen LogP contribution is -2.38. The summed E-state index contributed by atoms with van der Waals surface area (Å²) in [5.74, 6) is 0. The zero-order valence-corrected chi connectivity index (χ0v) is 8.11. The lowest BCUT2D eigenvalue weighted by atomic mass is 10.2. The Kier molecular flexibility index (Phi) is 5.32. The molecule has 0 heterocycles. The lowest BCUT2D eigenvalue weighted by molar-refractivity contribution is -0.185. The van der Waals surface area contributed by atoms with E-state index in [1.165, 1.54) is 0 Å². The molecule has 0 fully saturated rings. The van der Waals surface area contributed by atoms with Gasteiger partial charge < -0.3 is 10.1 Å². The van der Waals surface area contributed by atoms with Crippen LogP contribution < -0.4 is 5.32 Å². The van der Waals surface area contributed by atoms with E-state index in [1.54, 1.807) is 13.8 Å². The predicted octanol–water partition coefficient (Wildman–Crippen LogP) is 1.95. The van der Waals surface area contributed by atoms with Gasteiger partial charge in [0.2, 0.25) is 0 Å². The number of likely N-dealkylation sites (N-methyl/N-ethyl adjacent to an activating group) is 1. The standard InChI is InChI=1S/C8H16F3NO/c1-4-12-6(2)7(3)13-5-8(9,10)11/h6-7,12H,4-5H2,1-3H3. The first kappa shape index (κ1) is 12.7. The van der Waals surface area contributed by atoms with Gasteiger partial charge in [-0.25, -0.2) is 0 Å². The van der Waals surface area contributed by atoms with Crippen molar-refractivity contribution in [1.29, 1.82) is 0 Å². The van der Waals surface area contributed by atoms with E-state index >= 15 is 0 Å². The first-order valence-electron chi connectivity index (χ1n) is 4.28. The number of ether oxygens (including phenoxy) is 1. The molecular formula is C8H16F3NO. The Morgan fingerprint density at radius 3 is 2.23 bits per heavy atom. The van der Waals surface area contributed by atoms with E-state index in [1.807, 2.05) is 6.92 Å². The Morgan fingerprint density at radius 2 is 1.85 bits per heavy atom. The quantitative estimate of drug-likeness (QED) is 0.730. The van der Waals surface area contributed by atoms with Crippen molar-refractivity contribution in [3.8, 4) is 0 Å². The Morgan fingerprint density at radius 1 is 1.31 bits per heavy atom.